The maximum atomic E-state index is 13.1. The maximum Gasteiger partial charge on any atom is 0.294 e. The quantitative estimate of drug-likeness (QED) is 0.598. The first kappa shape index (κ1) is 19.7. The molecule has 1 aromatic heterocycles. The van der Waals surface area contributed by atoms with Crippen LogP contribution in [-0.4, -0.2) is 51.2 Å². The average Bonchev–Trinajstić information content (AvgIpc) is 3.20. The van der Waals surface area contributed by atoms with Crippen molar-refractivity contribution in [3.63, 3.8) is 0 Å². The van der Waals surface area contributed by atoms with Crippen LogP contribution in [0.2, 0.25) is 0 Å². The third-order valence-corrected chi connectivity index (χ3v) is 4.82. The Hall–Kier alpha value is -3.07. The number of carbonyl (C=O) groups is 1. The minimum Gasteiger partial charge on any atom is -0.333 e. The van der Waals surface area contributed by atoms with Crippen molar-refractivity contribution in [1.29, 1.82) is 0 Å². The molecule has 1 atom stereocenters. The first-order chi connectivity index (χ1) is 13.4. The van der Waals surface area contributed by atoms with E-state index in [-0.39, 0.29) is 23.1 Å². The van der Waals surface area contributed by atoms with Crippen LogP contribution in [0.3, 0.4) is 0 Å². The standard InChI is InChI=1S/C19H23N5O4/c1-3-10-22(14-8-9-20-12-14)19(26)18-17(25)11-13(2)23(21-18)15-6-4-5-7-16(15)24(27)28/h4-7,11,14,20H,3,8-10,12H2,1-2H3. The van der Waals surface area contributed by atoms with Crippen molar-refractivity contribution in [2.24, 2.45) is 0 Å². The zero-order valence-electron chi connectivity index (χ0n) is 15.9. The summed E-state index contributed by atoms with van der Waals surface area (Å²) in [6.07, 6.45) is 1.57. The Morgan fingerprint density at radius 1 is 1.43 bits per heavy atom. The molecule has 1 unspecified atom stereocenters. The number of aryl methyl sites for hydroxylation is 1. The van der Waals surface area contributed by atoms with Gasteiger partial charge in [-0.25, -0.2) is 4.68 Å². The van der Waals surface area contributed by atoms with Gasteiger partial charge in [0, 0.05) is 37.0 Å². The molecular weight excluding hydrogens is 362 g/mol. The van der Waals surface area contributed by atoms with E-state index < -0.39 is 16.3 Å². The minimum absolute atomic E-state index is 0.00876. The number of nitro benzene ring substituents is 1. The van der Waals surface area contributed by atoms with Gasteiger partial charge < -0.3 is 10.2 Å². The third kappa shape index (κ3) is 3.79. The molecule has 0 bridgehead atoms. The number of amides is 1. The molecule has 1 aromatic carbocycles. The number of carbonyl (C=O) groups excluding carboxylic acids is 1. The number of para-hydroxylation sites is 2. The Morgan fingerprint density at radius 3 is 2.82 bits per heavy atom. The van der Waals surface area contributed by atoms with Crippen LogP contribution in [0.25, 0.3) is 5.69 Å². The molecule has 0 saturated carbocycles. The molecule has 2 aromatic rings. The predicted molar refractivity (Wildman–Crippen MR) is 104 cm³/mol. The van der Waals surface area contributed by atoms with Crippen LogP contribution in [0.15, 0.2) is 35.1 Å². The van der Waals surface area contributed by atoms with Crippen molar-refractivity contribution in [2.45, 2.75) is 32.7 Å². The molecule has 1 aliphatic rings. The molecular formula is C19H23N5O4. The van der Waals surface area contributed by atoms with Crippen LogP contribution in [0.5, 0.6) is 0 Å². The van der Waals surface area contributed by atoms with E-state index in [1.165, 1.54) is 16.8 Å². The summed E-state index contributed by atoms with van der Waals surface area (Å²) in [5, 5.41) is 18.9. The third-order valence-electron chi connectivity index (χ3n) is 4.82. The van der Waals surface area contributed by atoms with Crippen molar-refractivity contribution >= 4 is 11.6 Å². The number of nitrogens with zero attached hydrogens (tertiary/aromatic N) is 4. The molecule has 1 N–H and O–H groups in total. The number of aromatic nitrogens is 2. The molecule has 148 valence electrons. The van der Waals surface area contributed by atoms with Crippen LogP contribution in [-0.2, 0) is 0 Å². The van der Waals surface area contributed by atoms with Gasteiger partial charge >= 0.3 is 0 Å². The first-order valence-electron chi connectivity index (χ1n) is 9.30. The highest BCUT2D eigenvalue weighted by molar-refractivity contribution is 5.92. The molecule has 28 heavy (non-hydrogen) atoms. The molecule has 0 radical (unpaired) electrons. The Balaban J connectivity index is 2.08. The smallest absolute Gasteiger partial charge is 0.294 e. The lowest BCUT2D eigenvalue weighted by Gasteiger charge is -2.27. The van der Waals surface area contributed by atoms with Crippen LogP contribution >= 0.6 is 0 Å². The second-order valence-corrected chi connectivity index (χ2v) is 6.80. The summed E-state index contributed by atoms with van der Waals surface area (Å²) in [7, 11) is 0. The summed E-state index contributed by atoms with van der Waals surface area (Å²) in [5.74, 6) is -0.437. The van der Waals surface area contributed by atoms with Crippen molar-refractivity contribution in [3.8, 4) is 5.69 Å². The number of hydrogen-bond donors (Lipinski definition) is 1. The van der Waals surface area contributed by atoms with E-state index >= 15 is 0 Å². The largest absolute Gasteiger partial charge is 0.333 e. The molecule has 1 amide bonds. The van der Waals surface area contributed by atoms with Gasteiger partial charge in [0.15, 0.2) is 5.69 Å². The molecule has 0 aliphatic carbocycles. The second kappa shape index (κ2) is 8.30. The molecule has 9 heteroatoms. The number of hydrogen-bond acceptors (Lipinski definition) is 6. The fourth-order valence-electron chi connectivity index (χ4n) is 3.47. The van der Waals surface area contributed by atoms with Crippen molar-refractivity contribution in [2.75, 3.05) is 19.6 Å². The predicted octanol–water partition coefficient (Wildman–Crippen LogP) is 1.66. The summed E-state index contributed by atoms with van der Waals surface area (Å²) < 4.78 is 1.30. The number of nitrogens with one attached hydrogen (secondary N) is 1. The van der Waals surface area contributed by atoms with Gasteiger partial charge in [-0.05, 0) is 32.4 Å². The van der Waals surface area contributed by atoms with Crippen LogP contribution in [0.1, 0.15) is 35.9 Å². The molecule has 1 aliphatic heterocycles. The average molecular weight is 385 g/mol. The number of benzene rings is 1. The van der Waals surface area contributed by atoms with Crippen LogP contribution in [0.4, 0.5) is 5.69 Å². The van der Waals surface area contributed by atoms with Crippen molar-refractivity contribution < 1.29 is 9.72 Å². The summed E-state index contributed by atoms with van der Waals surface area (Å²) >= 11 is 0. The lowest BCUT2D eigenvalue weighted by molar-refractivity contribution is -0.384. The highest BCUT2D eigenvalue weighted by Gasteiger charge is 2.30. The summed E-state index contributed by atoms with van der Waals surface area (Å²) in [6.45, 7) is 5.61. The van der Waals surface area contributed by atoms with Gasteiger partial charge in [0.25, 0.3) is 11.6 Å². The second-order valence-electron chi connectivity index (χ2n) is 6.80. The highest BCUT2D eigenvalue weighted by Crippen LogP contribution is 2.22. The summed E-state index contributed by atoms with van der Waals surface area (Å²) in [6, 6.07) is 7.42. The van der Waals surface area contributed by atoms with Gasteiger partial charge in [-0.1, -0.05) is 19.1 Å². The molecule has 2 heterocycles. The Labute approximate surface area is 162 Å². The van der Waals surface area contributed by atoms with E-state index in [1.54, 1.807) is 30.0 Å². The van der Waals surface area contributed by atoms with Gasteiger partial charge in [-0.2, -0.15) is 5.10 Å². The number of nitro groups is 1. The van der Waals surface area contributed by atoms with Gasteiger partial charge in [-0.15, -0.1) is 0 Å². The SMILES string of the molecule is CCCN(C(=O)c1nn(-c2ccccc2[N+](=O)[O-])c(C)cc1=O)C1CCNC1. The molecule has 9 nitrogen and oxygen atoms in total. The topological polar surface area (TPSA) is 110 Å². The van der Waals surface area contributed by atoms with Gasteiger partial charge in [0.1, 0.15) is 5.69 Å². The van der Waals surface area contributed by atoms with E-state index in [4.69, 9.17) is 0 Å². The monoisotopic (exact) mass is 385 g/mol. The van der Waals surface area contributed by atoms with Crippen molar-refractivity contribution in [1.82, 2.24) is 20.0 Å². The van der Waals surface area contributed by atoms with Crippen molar-refractivity contribution in [3.05, 3.63) is 62.1 Å². The van der Waals surface area contributed by atoms with E-state index in [9.17, 15) is 19.7 Å². The van der Waals surface area contributed by atoms with E-state index in [0.717, 1.165) is 19.4 Å². The fourth-order valence-corrected chi connectivity index (χ4v) is 3.47. The van der Waals surface area contributed by atoms with Gasteiger partial charge in [0.2, 0.25) is 5.43 Å². The highest BCUT2D eigenvalue weighted by atomic mass is 16.6. The number of rotatable bonds is 6. The molecule has 1 saturated heterocycles. The molecule has 0 spiro atoms. The molecule has 3 rings (SSSR count). The molecule has 1 fully saturated rings. The van der Waals surface area contributed by atoms with E-state index in [2.05, 4.69) is 10.4 Å². The summed E-state index contributed by atoms with van der Waals surface area (Å²) in [5.41, 5.74) is -0.219. The zero-order chi connectivity index (χ0) is 20.3. The lowest BCUT2D eigenvalue weighted by Crippen LogP contribution is -2.44. The zero-order valence-corrected chi connectivity index (χ0v) is 15.9. The Kier molecular flexibility index (Phi) is 5.84. The maximum absolute atomic E-state index is 13.1. The Bertz CT molecular complexity index is 950. The first-order valence-corrected chi connectivity index (χ1v) is 9.30. The van der Waals surface area contributed by atoms with Crippen LogP contribution < -0.4 is 10.7 Å². The van der Waals surface area contributed by atoms with E-state index in [0.29, 0.717) is 18.8 Å². The summed E-state index contributed by atoms with van der Waals surface area (Å²) in [4.78, 5) is 38.2. The fraction of sp³-hybridized carbons (Fsp3) is 0.421. The Morgan fingerprint density at radius 2 is 2.18 bits per heavy atom. The van der Waals surface area contributed by atoms with Gasteiger partial charge in [-0.3, -0.25) is 19.7 Å². The van der Waals surface area contributed by atoms with Crippen LogP contribution in [0, 0.1) is 17.0 Å². The van der Waals surface area contributed by atoms with Gasteiger partial charge in [0.05, 0.1) is 4.92 Å². The lowest BCUT2D eigenvalue weighted by atomic mass is 10.2. The normalized spacial score (nSPS) is 16.1. The van der Waals surface area contributed by atoms with E-state index in [1.807, 2.05) is 6.92 Å². The minimum atomic E-state index is -0.510.